The predicted molar refractivity (Wildman–Crippen MR) is 118 cm³/mol. The van der Waals surface area contributed by atoms with Crippen LogP contribution in [0.5, 0.6) is 0 Å². The minimum Gasteiger partial charge on any atom is -0.462 e. The Hall–Kier alpha value is -3.71. The molecule has 7 heteroatoms. The van der Waals surface area contributed by atoms with E-state index < -0.39 is 12.0 Å². The summed E-state index contributed by atoms with van der Waals surface area (Å²) in [4.78, 5) is 24.0. The van der Waals surface area contributed by atoms with Gasteiger partial charge in [0, 0.05) is 22.6 Å². The highest BCUT2D eigenvalue weighted by Gasteiger charge is 2.16. The SMILES string of the molecule is CCOC(=O)c1ccc(-n2c(C)cc(/C=N\NC(=O)[C@H](O)c3ccccc3)c2C)cc1. The van der Waals surface area contributed by atoms with E-state index in [-0.39, 0.29) is 5.97 Å². The van der Waals surface area contributed by atoms with Gasteiger partial charge in [-0.3, -0.25) is 4.79 Å². The molecule has 1 atom stereocenters. The summed E-state index contributed by atoms with van der Waals surface area (Å²) in [6, 6.07) is 17.8. The molecule has 1 aromatic heterocycles. The molecule has 31 heavy (non-hydrogen) atoms. The van der Waals surface area contributed by atoms with E-state index in [1.54, 1.807) is 49.5 Å². The van der Waals surface area contributed by atoms with E-state index in [9.17, 15) is 14.7 Å². The van der Waals surface area contributed by atoms with E-state index in [0.29, 0.717) is 17.7 Å². The normalized spacial score (nSPS) is 12.0. The molecule has 0 saturated carbocycles. The first-order chi connectivity index (χ1) is 14.9. The van der Waals surface area contributed by atoms with Crippen LogP contribution in [0.25, 0.3) is 5.69 Å². The Balaban J connectivity index is 1.72. The van der Waals surface area contributed by atoms with Crippen molar-refractivity contribution >= 4 is 18.1 Å². The summed E-state index contributed by atoms with van der Waals surface area (Å²) in [5.41, 5.74) is 6.98. The lowest BCUT2D eigenvalue weighted by Gasteiger charge is -2.10. The molecule has 3 rings (SSSR count). The van der Waals surface area contributed by atoms with Crippen LogP contribution in [0.4, 0.5) is 0 Å². The monoisotopic (exact) mass is 419 g/mol. The summed E-state index contributed by atoms with van der Waals surface area (Å²) < 4.78 is 7.04. The van der Waals surface area contributed by atoms with Crippen LogP contribution in [0, 0.1) is 13.8 Å². The molecule has 0 saturated heterocycles. The lowest BCUT2D eigenvalue weighted by atomic mass is 10.1. The molecule has 7 nitrogen and oxygen atoms in total. The zero-order valence-corrected chi connectivity index (χ0v) is 17.7. The molecule has 1 heterocycles. The maximum Gasteiger partial charge on any atom is 0.338 e. The fraction of sp³-hybridized carbons (Fsp3) is 0.208. The van der Waals surface area contributed by atoms with Crippen LogP contribution < -0.4 is 5.43 Å². The molecule has 2 N–H and O–H groups in total. The van der Waals surface area contributed by atoms with Crippen molar-refractivity contribution in [2.45, 2.75) is 26.9 Å². The number of nitrogens with zero attached hydrogens (tertiary/aromatic N) is 2. The zero-order chi connectivity index (χ0) is 22.4. The lowest BCUT2D eigenvalue weighted by molar-refractivity contribution is -0.129. The molecule has 0 aliphatic rings. The van der Waals surface area contributed by atoms with Gasteiger partial charge in [0.1, 0.15) is 0 Å². The van der Waals surface area contributed by atoms with Crippen molar-refractivity contribution in [2.24, 2.45) is 5.10 Å². The van der Waals surface area contributed by atoms with Crippen molar-refractivity contribution in [3.8, 4) is 5.69 Å². The third kappa shape index (κ3) is 5.07. The number of aliphatic hydroxyl groups excluding tert-OH is 1. The molecule has 1 amide bonds. The molecular weight excluding hydrogens is 394 g/mol. The van der Waals surface area contributed by atoms with E-state index in [2.05, 4.69) is 10.5 Å². The first-order valence-corrected chi connectivity index (χ1v) is 9.94. The van der Waals surface area contributed by atoms with Crippen molar-refractivity contribution in [2.75, 3.05) is 6.61 Å². The van der Waals surface area contributed by atoms with E-state index in [1.165, 1.54) is 0 Å². The van der Waals surface area contributed by atoms with E-state index >= 15 is 0 Å². The van der Waals surface area contributed by atoms with Gasteiger partial charge in [-0.15, -0.1) is 0 Å². The number of hydrogen-bond acceptors (Lipinski definition) is 5. The Morgan fingerprint density at radius 1 is 1.13 bits per heavy atom. The highest BCUT2D eigenvalue weighted by molar-refractivity contribution is 5.89. The minimum atomic E-state index is -1.29. The number of nitrogens with one attached hydrogen (secondary N) is 1. The van der Waals surface area contributed by atoms with Crippen molar-refractivity contribution < 1.29 is 19.4 Å². The number of hydrazone groups is 1. The summed E-state index contributed by atoms with van der Waals surface area (Å²) in [5.74, 6) is -0.956. The number of benzene rings is 2. The largest absolute Gasteiger partial charge is 0.462 e. The van der Waals surface area contributed by atoms with Crippen LogP contribution in [0.1, 0.15) is 45.9 Å². The highest BCUT2D eigenvalue weighted by Crippen LogP contribution is 2.20. The van der Waals surface area contributed by atoms with Crippen LogP contribution in [-0.4, -0.2) is 34.4 Å². The Kier molecular flexibility index (Phi) is 6.99. The van der Waals surface area contributed by atoms with Gasteiger partial charge in [-0.25, -0.2) is 10.2 Å². The van der Waals surface area contributed by atoms with E-state index in [0.717, 1.165) is 22.6 Å². The Bertz CT molecular complexity index is 1090. The van der Waals surface area contributed by atoms with Gasteiger partial charge in [0.2, 0.25) is 0 Å². The molecule has 3 aromatic rings. The van der Waals surface area contributed by atoms with Gasteiger partial charge in [0.25, 0.3) is 5.91 Å². The van der Waals surface area contributed by atoms with Crippen molar-refractivity contribution in [3.05, 3.63) is 88.7 Å². The first kappa shape index (κ1) is 22.0. The third-order valence-electron chi connectivity index (χ3n) is 4.85. The van der Waals surface area contributed by atoms with Crippen molar-refractivity contribution in [3.63, 3.8) is 0 Å². The lowest BCUT2D eigenvalue weighted by Crippen LogP contribution is -2.25. The number of carbonyl (C=O) groups is 2. The number of rotatable bonds is 7. The molecule has 0 aliphatic carbocycles. The number of hydrogen-bond donors (Lipinski definition) is 2. The maximum atomic E-state index is 12.1. The average molecular weight is 419 g/mol. The maximum absolute atomic E-state index is 12.1. The van der Waals surface area contributed by atoms with Crippen LogP contribution in [0.3, 0.4) is 0 Å². The highest BCUT2D eigenvalue weighted by atomic mass is 16.5. The van der Waals surface area contributed by atoms with Gasteiger partial charge in [-0.05, 0) is 56.7 Å². The number of aliphatic hydroxyl groups is 1. The van der Waals surface area contributed by atoms with Gasteiger partial charge in [-0.1, -0.05) is 30.3 Å². The van der Waals surface area contributed by atoms with Gasteiger partial charge in [0.05, 0.1) is 18.4 Å². The second-order valence-corrected chi connectivity index (χ2v) is 6.98. The standard InChI is InChI=1S/C24H25N3O4/c1-4-31-24(30)19-10-12-21(13-11-19)27-16(2)14-20(17(27)3)15-25-26-23(29)22(28)18-8-6-5-7-9-18/h5-15,22,28H,4H2,1-3H3,(H,26,29)/b25-15-/t22-/m1/s1. The number of esters is 1. The molecule has 0 aliphatic heterocycles. The molecule has 0 unspecified atom stereocenters. The fourth-order valence-electron chi connectivity index (χ4n) is 3.29. The molecule has 2 aromatic carbocycles. The number of aryl methyl sites for hydroxylation is 1. The van der Waals surface area contributed by atoms with Crippen molar-refractivity contribution in [1.82, 2.24) is 9.99 Å². The minimum absolute atomic E-state index is 0.331. The van der Waals surface area contributed by atoms with Crippen LogP contribution >= 0.6 is 0 Å². The molecule has 0 spiro atoms. The Labute approximate surface area is 181 Å². The molecule has 0 bridgehead atoms. The van der Waals surface area contributed by atoms with Crippen LogP contribution in [0.15, 0.2) is 65.8 Å². The quantitative estimate of drug-likeness (QED) is 0.348. The summed E-state index contributed by atoms with van der Waals surface area (Å²) >= 11 is 0. The summed E-state index contributed by atoms with van der Waals surface area (Å²) in [5, 5.41) is 14.1. The van der Waals surface area contributed by atoms with Gasteiger partial charge < -0.3 is 14.4 Å². The second kappa shape index (κ2) is 9.86. The molecule has 0 radical (unpaired) electrons. The van der Waals surface area contributed by atoms with Gasteiger partial charge >= 0.3 is 5.97 Å². The second-order valence-electron chi connectivity index (χ2n) is 6.98. The number of carbonyl (C=O) groups excluding carboxylic acids is 2. The number of ether oxygens (including phenoxy) is 1. The van der Waals surface area contributed by atoms with E-state index in [4.69, 9.17) is 4.74 Å². The number of amides is 1. The average Bonchev–Trinajstić information content (AvgIpc) is 3.07. The Morgan fingerprint density at radius 3 is 2.45 bits per heavy atom. The molecule has 0 fully saturated rings. The summed E-state index contributed by atoms with van der Waals surface area (Å²) in [7, 11) is 0. The zero-order valence-electron chi connectivity index (χ0n) is 17.7. The fourth-order valence-corrected chi connectivity index (χ4v) is 3.29. The summed E-state index contributed by atoms with van der Waals surface area (Å²) in [6.07, 6.45) is 0.255. The predicted octanol–water partition coefficient (Wildman–Crippen LogP) is 3.45. The summed E-state index contributed by atoms with van der Waals surface area (Å²) in [6.45, 7) is 6.00. The van der Waals surface area contributed by atoms with Crippen LogP contribution in [-0.2, 0) is 9.53 Å². The van der Waals surface area contributed by atoms with Crippen molar-refractivity contribution in [1.29, 1.82) is 0 Å². The van der Waals surface area contributed by atoms with Gasteiger partial charge in [-0.2, -0.15) is 5.10 Å². The third-order valence-corrected chi connectivity index (χ3v) is 4.85. The van der Waals surface area contributed by atoms with Gasteiger partial charge in [0.15, 0.2) is 6.10 Å². The Morgan fingerprint density at radius 2 is 1.81 bits per heavy atom. The topological polar surface area (TPSA) is 92.9 Å². The number of aromatic nitrogens is 1. The smallest absolute Gasteiger partial charge is 0.338 e. The first-order valence-electron chi connectivity index (χ1n) is 9.94. The molecule has 160 valence electrons. The van der Waals surface area contributed by atoms with Crippen LogP contribution in [0.2, 0.25) is 0 Å². The van der Waals surface area contributed by atoms with E-state index in [1.807, 2.05) is 42.7 Å². The molecular formula is C24H25N3O4.